The van der Waals surface area contributed by atoms with Crippen molar-refractivity contribution in [2.24, 2.45) is 0 Å². The molecule has 0 aliphatic heterocycles. The van der Waals surface area contributed by atoms with Gasteiger partial charge in [-0.15, -0.1) is 0 Å². The normalized spacial score (nSPS) is 14.9. The average Bonchev–Trinajstić information content (AvgIpc) is 2.32. The van der Waals surface area contributed by atoms with E-state index in [1.54, 1.807) is 0 Å². The van der Waals surface area contributed by atoms with Gasteiger partial charge in [-0.05, 0) is 18.2 Å². The molecule has 1 aromatic rings. The minimum Gasteiger partial charge on any atom is -0.218 e. The monoisotopic (exact) mass is 382 g/mol. The van der Waals surface area contributed by atoms with Crippen LogP contribution in [0.5, 0.6) is 0 Å². The lowest BCUT2D eigenvalue weighted by Crippen LogP contribution is -2.50. The zero-order chi connectivity index (χ0) is 19.4. The van der Waals surface area contributed by atoms with Crippen LogP contribution in [0.1, 0.15) is 16.7 Å². The van der Waals surface area contributed by atoms with Crippen LogP contribution in [-0.4, -0.2) is 12.4 Å². The summed E-state index contributed by atoms with van der Waals surface area (Å²) in [6.07, 6.45) is -25.2. The van der Waals surface area contributed by atoms with Crippen molar-refractivity contribution in [1.29, 1.82) is 0 Å². The molecule has 0 bridgehead atoms. The molecule has 0 nitrogen and oxygen atoms in total. The molecule has 0 radical (unpaired) electrons. The van der Waals surface area contributed by atoms with E-state index < -0.39 is 65.3 Å². The molecule has 0 N–H and O–H groups in total. The highest BCUT2D eigenvalue weighted by molar-refractivity contribution is 5.38. The van der Waals surface area contributed by atoms with E-state index >= 15 is 0 Å². The van der Waals surface area contributed by atoms with Gasteiger partial charge in [-0.25, -0.2) is 4.39 Å². The van der Waals surface area contributed by atoms with Crippen LogP contribution in [0.2, 0.25) is 0 Å². The van der Waals surface area contributed by atoms with E-state index in [1.807, 2.05) is 0 Å². The summed E-state index contributed by atoms with van der Waals surface area (Å²) in [5, 5.41) is 0. The van der Waals surface area contributed by atoms with Gasteiger partial charge in [0.05, 0.1) is 11.1 Å². The topological polar surface area (TPSA) is 0 Å². The molecule has 0 heterocycles. The highest BCUT2D eigenvalue weighted by atomic mass is 19.4. The van der Waals surface area contributed by atoms with Crippen molar-refractivity contribution in [2.75, 3.05) is 0 Å². The quantitative estimate of drug-likeness (QED) is 0.522. The van der Waals surface area contributed by atoms with Gasteiger partial charge in [0.1, 0.15) is 0 Å². The molecule has 0 saturated heterocycles. The van der Waals surface area contributed by atoms with E-state index in [0.717, 1.165) is 0 Å². The molecular formula is C11H3F13. The molecule has 1 rings (SSSR count). The van der Waals surface area contributed by atoms with Gasteiger partial charge in [0.25, 0.3) is 0 Å². The SMILES string of the molecule is FC(F)(F)c1cc(C(F)(F)F)cc(C(F)(C(F)(F)F)C(F)(F)F)c1. The third-order valence-corrected chi connectivity index (χ3v) is 2.77. The van der Waals surface area contributed by atoms with E-state index in [4.69, 9.17) is 0 Å². The number of alkyl halides is 13. The van der Waals surface area contributed by atoms with Crippen molar-refractivity contribution < 1.29 is 57.1 Å². The Hall–Kier alpha value is -1.69. The molecular weight excluding hydrogens is 379 g/mol. The first-order valence-electron chi connectivity index (χ1n) is 5.44. The predicted molar refractivity (Wildman–Crippen MR) is 51.3 cm³/mol. The van der Waals surface area contributed by atoms with Crippen molar-refractivity contribution >= 4 is 0 Å². The van der Waals surface area contributed by atoms with Crippen molar-refractivity contribution in [1.82, 2.24) is 0 Å². The maximum absolute atomic E-state index is 13.7. The van der Waals surface area contributed by atoms with E-state index in [1.165, 1.54) is 0 Å². The van der Waals surface area contributed by atoms with Gasteiger partial charge in [0.15, 0.2) is 0 Å². The molecule has 0 aliphatic carbocycles. The molecule has 13 heteroatoms. The van der Waals surface area contributed by atoms with Crippen molar-refractivity contribution in [3.8, 4) is 0 Å². The number of rotatable bonds is 1. The van der Waals surface area contributed by atoms with Crippen LogP contribution in [0.15, 0.2) is 18.2 Å². The largest absolute Gasteiger partial charge is 0.435 e. The summed E-state index contributed by atoms with van der Waals surface area (Å²) in [6, 6.07) is -2.65. The van der Waals surface area contributed by atoms with Crippen LogP contribution in [0.4, 0.5) is 57.1 Å². The third kappa shape index (κ3) is 3.53. The fourth-order valence-corrected chi connectivity index (χ4v) is 1.64. The fraction of sp³-hybridized carbons (Fsp3) is 0.455. The third-order valence-electron chi connectivity index (χ3n) is 2.77. The van der Waals surface area contributed by atoms with E-state index in [-0.39, 0.29) is 0 Å². The highest BCUT2D eigenvalue weighted by Gasteiger charge is 2.73. The number of hydrogen-bond acceptors (Lipinski definition) is 0. The number of hydrogen-bond donors (Lipinski definition) is 0. The maximum atomic E-state index is 13.7. The zero-order valence-corrected chi connectivity index (χ0v) is 10.6. The Bertz CT molecular complexity index is 552. The Kier molecular flexibility index (Phi) is 4.59. The van der Waals surface area contributed by atoms with Gasteiger partial charge in [-0.1, -0.05) is 0 Å². The predicted octanol–water partition coefficient (Wildman–Crippen LogP) is 6.01. The van der Waals surface area contributed by atoms with Crippen LogP contribution in [0.25, 0.3) is 0 Å². The molecule has 24 heavy (non-hydrogen) atoms. The number of halogens is 13. The summed E-state index contributed by atoms with van der Waals surface area (Å²) in [4.78, 5) is 0. The smallest absolute Gasteiger partial charge is 0.218 e. The fourth-order valence-electron chi connectivity index (χ4n) is 1.64. The van der Waals surface area contributed by atoms with E-state index in [2.05, 4.69) is 0 Å². The van der Waals surface area contributed by atoms with Crippen molar-refractivity contribution in [3.63, 3.8) is 0 Å². The van der Waals surface area contributed by atoms with Gasteiger partial charge < -0.3 is 0 Å². The van der Waals surface area contributed by atoms with Crippen LogP contribution in [0.3, 0.4) is 0 Å². The second-order valence-corrected chi connectivity index (χ2v) is 4.45. The van der Waals surface area contributed by atoms with Crippen molar-refractivity contribution in [2.45, 2.75) is 30.4 Å². The van der Waals surface area contributed by atoms with Gasteiger partial charge in [-0.2, -0.15) is 52.7 Å². The van der Waals surface area contributed by atoms with Crippen LogP contribution in [0, 0.1) is 0 Å². The van der Waals surface area contributed by atoms with Gasteiger partial charge >= 0.3 is 30.4 Å². The van der Waals surface area contributed by atoms with Crippen molar-refractivity contribution in [3.05, 3.63) is 34.9 Å². The summed E-state index contributed by atoms with van der Waals surface area (Å²) in [5.74, 6) is 0. The average molecular weight is 382 g/mol. The highest BCUT2D eigenvalue weighted by Crippen LogP contribution is 2.54. The molecule has 0 aliphatic rings. The lowest BCUT2D eigenvalue weighted by atomic mass is 9.90. The minimum absolute atomic E-state index is 0.726. The van der Waals surface area contributed by atoms with Gasteiger partial charge in [0.2, 0.25) is 0 Å². The molecule has 0 unspecified atom stereocenters. The molecule has 0 atom stereocenters. The molecule has 0 saturated carbocycles. The van der Waals surface area contributed by atoms with Crippen LogP contribution in [-0.2, 0) is 18.0 Å². The second-order valence-electron chi connectivity index (χ2n) is 4.45. The lowest BCUT2D eigenvalue weighted by molar-refractivity contribution is -0.348. The summed E-state index contributed by atoms with van der Waals surface area (Å²) in [6.45, 7) is 0. The molecule has 0 amide bonds. The Morgan fingerprint density at radius 2 is 0.667 bits per heavy atom. The summed E-state index contributed by atoms with van der Waals surface area (Å²) < 4.78 is 163. The Balaban J connectivity index is 3.86. The van der Waals surface area contributed by atoms with E-state index in [9.17, 15) is 57.1 Å². The molecule has 0 aromatic heterocycles. The van der Waals surface area contributed by atoms with Crippen LogP contribution >= 0.6 is 0 Å². The summed E-state index contributed by atoms with van der Waals surface area (Å²) in [5.41, 5.74) is -14.3. The summed E-state index contributed by atoms with van der Waals surface area (Å²) in [7, 11) is 0. The second kappa shape index (κ2) is 5.41. The molecule has 1 aromatic carbocycles. The lowest BCUT2D eigenvalue weighted by Gasteiger charge is -2.31. The Morgan fingerprint density at radius 1 is 0.417 bits per heavy atom. The van der Waals surface area contributed by atoms with E-state index in [0.29, 0.717) is 0 Å². The summed E-state index contributed by atoms with van der Waals surface area (Å²) >= 11 is 0. The Morgan fingerprint density at radius 3 is 0.875 bits per heavy atom. The first-order chi connectivity index (χ1) is 10.3. The van der Waals surface area contributed by atoms with Gasteiger partial charge in [-0.3, -0.25) is 0 Å². The minimum atomic E-state index is -6.85. The van der Waals surface area contributed by atoms with Crippen LogP contribution < -0.4 is 0 Å². The first-order valence-corrected chi connectivity index (χ1v) is 5.44. The van der Waals surface area contributed by atoms with Gasteiger partial charge in [0, 0.05) is 5.56 Å². The zero-order valence-electron chi connectivity index (χ0n) is 10.6. The standard InChI is InChI=1S/C11H3F13/c12-7(10(19,20)21,11(22,23)24)4-1-5(8(13,14)15)3-6(2-4)9(16,17)18/h1-3H. The Labute approximate surface area is 123 Å². The maximum Gasteiger partial charge on any atom is 0.435 e. The molecule has 0 spiro atoms. The first kappa shape index (κ1) is 20.4. The number of benzene rings is 1. The molecule has 138 valence electrons. The molecule has 0 fully saturated rings.